The number of nitrogens with two attached hydrogens (primary N) is 1. The normalized spacial score (nSPS) is 16.4. The maximum Gasteiger partial charge on any atom is 0.296 e. The molecule has 3 aromatic carbocycles. The van der Waals surface area contributed by atoms with Gasteiger partial charge in [0.25, 0.3) is 5.92 Å². The Bertz CT molecular complexity index is 2270. The number of thioether (sulfide) groups is 1. The van der Waals surface area contributed by atoms with Crippen LogP contribution in [0.25, 0.3) is 46.0 Å². The standard InChI is InChI=1S/C40H31F4NS4/c1-20-4-6-23(7-5-20)29-13-15-32(47-29)34-17-28-39(49-34)36-21(2)27(19-42)35(22(3)37(36)40(28,43)44)38-25(18-41)16-33(48-38)31-14-12-30(46-31)24-8-10-26(45)11-9-24/h4-16,34H,17-19,45H2,1-3H3. The van der Waals surface area contributed by atoms with E-state index in [1.54, 1.807) is 42.6 Å². The van der Waals surface area contributed by atoms with Crippen LogP contribution in [0.2, 0.25) is 0 Å². The van der Waals surface area contributed by atoms with Crippen molar-refractivity contribution in [2.75, 3.05) is 5.73 Å². The van der Waals surface area contributed by atoms with Gasteiger partial charge in [0, 0.05) is 72.9 Å². The first-order valence-corrected chi connectivity index (χ1v) is 19.2. The molecule has 1 nitrogen and oxygen atoms in total. The summed E-state index contributed by atoms with van der Waals surface area (Å²) in [5, 5.41) is -0.136. The maximum absolute atomic E-state index is 16.7. The SMILES string of the molecule is Cc1ccc(-c2ccc(C3CC4=C(S3)c3c(C)c(CF)c(-c5sc(-c6ccc(-c7ccc(N)cc7)s6)cc5CF)c(C)c3C4(F)F)s2)cc1. The van der Waals surface area contributed by atoms with E-state index in [-0.39, 0.29) is 22.8 Å². The van der Waals surface area contributed by atoms with Crippen molar-refractivity contribution in [2.45, 2.75) is 51.7 Å². The minimum Gasteiger partial charge on any atom is -0.399 e. The predicted octanol–water partition coefficient (Wildman–Crippen LogP) is 13.7. The molecule has 0 bridgehead atoms. The number of hydrogen-bond acceptors (Lipinski definition) is 5. The van der Waals surface area contributed by atoms with E-state index < -0.39 is 19.3 Å². The Hall–Kier alpha value is -3.63. The highest BCUT2D eigenvalue weighted by atomic mass is 32.2. The number of alkyl halides is 4. The molecule has 1 atom stereocenters. The van der Waals surface area contributed by atoms with Crippen LogP contribution in [0.1, 0.15) is 55.5 Å². The Balaban J connectivity index is 1.16. The summed E-state index contributed by atoms with van der Waals surface area (Å²) in [7, 11) is 0. The molecule has 0 amide bonds. The molecule has 6 aromatic rings. The molecule has 0 fully saturated rings. The molecule has 1 aliphatic carbocycles. The van der Waals surface area contributed by atoms with Crippen LogP contribution >= 0.6 is 45.8 Å². The van der Waals surface area contributed by atoms with E-state index in [2.05, 4.69) is 30.3 Å². The highest BCUT2D eigenvalue weighted by molar-refractivity contribution is 8.09. The van der Waals surface area contributed by atoms with E-state index in [9.17, 15) is 4.39 Å². The van der Waals surface area contributed by atoms with Crippen LogP contribution in [0.5, 0.6) is 0 Å². The fourth-order valence-electron chi connectivity index (χ4n) is 7.07. The Labute approximate surface area is 299 Å². The number of thiophene rings is 3. The molecule has 0 spiro atoms. The Morgan fingerprint density at radius 3 is 2.06 bits per heavy atom. The number of nitrogen functional groups attached to an aromatic ring is 1. The molecule has 0 saturated heterocycles. The van der Waals surface area contributed by atoms with Crippen LogP contribution in [-0.2, 0) is 19.3 Å². The molecule has 8 rings (SSSR count). The fourth-order valence-corrected chi connectivity index (χ4v) is 12.2. The van der Waals surface area contributed by atoms with Gasteiger partial charge in [-0.2, -0.15) is 8.78 Å². The number of anilines is 1. The van der Waals surface area contributed by atoms with E-state index in [1.807, 2.05) is 49.4 Å². The lowest BCUT2D eigenvalue weighted by Crippen LogP contribution is -2.17. The first kappa shape index (κ1) is 32.6. The monoisotopic (exact) mass is 729 g/mol. The summed E-state index contributed by atoms with van der Waals surface area (Å²) in [5.41, 5.74) is 12.4. The van der Waals surface area contributed by atoms with Crippen LogP contribution in [0, 0.1) is 20.8 Å². The molecule has 3 aromatic heterocycles. The number of rotatable bonds is 7. The van der Waals surface area contributed by atoms with Gasteiger partial charge in [0.05, 0.1) is 0 Å². The van der Waals surface area contributed by atoms with Crippen molar-refractivity contribution in [3.8, 4) is 41.1 Å². The van der Waals surface area contributed by atoms with E-state index in [0.717, 1.165) is 35.5 Å². The molecule has 49 heavy (non-hydrogen) atoms. The molecule has 0 saturated carbocycles. The fraction of sp³-hybridized carbons (Fsp3) is 0.200. The first-order valence-electron chi connectivity index (χ1n) is 15.9. The minimum absolute atomic E-state index is 0.0545. The topological polar surface area (TPSA) is 26.0 Å². The van der Waals surface area contributed by atoms with Gasteiger partial charge >= 0.3 is 0 Å². The highest BCUT2D eigenvalue weighted by Crippen LogP contribution is 2.66. The highest BCUT2D eigenvalue weighted by Gasteiger charge is 2.53. The second-order valence-electron chi connectivity index (χ2n) is 12.6. The summed E-state index contributed by atoms with van der Waals surface area (Å²) in [6.07, 6.45) is 0.225. The second-order valence-corrected chi connectivity index (χ2v) is 17.1. The Kier molecular flexibility index (Phi) is 8.18. The van der Waals surface area contributed by atoms with Gasteiger partial charge in [-0.15, -0.1) is 45.8 Å². The summed E-state index contributed by atoms with van der Waals surface area (Å²) in [5.74, 6) is -3.21. The van der Waals surface area contributed by atoms with E-state index >= 15 is 13.2 Å². The predicted molar refractivity (Wildman–Crippen MR) is 202 cm³/mol. The van der Waals surface area contributed by atoms with Crippen molar-refractivity contribution >= 4 is 56.4 Å². The van der Waals surface area contributed by atoms with Crippen molar-refractivity contribution in [3.63, 3.8) is 0 Å². The van der Waals surface area contributed by atoms with Gasteiger partial charge in [0.15, 0.2) is 0 Å². The van der Waals surface area contributed by atoms with Crippen molar-refractivity contribution in [2.24, 2.45) is 0 Å². The second kappa shape index (κ2) is 12.3. The third kappa shape index (κ3) is 5.32. The molecule has 1 aliphatic heterocycles. The number of allylic oxidation sites excluding steroid dienone is 1. The summed E-state index contributed by atoms with van der Waals surface area (Å²) < 4.78 is 63.1. The number of aryl methyl sites for hydroxylation is 1. The average molecular weight is 730 g/mol. The smallest absolute Gasteiger partial charge is 0.296 e. The zero-order valence-electron chi connectivity index (χ0n) is 26.9. The molecule has 0 radical (unpaired) electrons. The summed E-state index contributed by atoms with van der Waals surface area (Å²) in [6.45, 7) is 3.84. The third-order valence-electron chi connectivity index (χ3n) is 9.61. The Morgan fingerprint density at radius 2 is 1.37 bits per heavy atom. The lowest BCUT2D eigenvalue weighted by Gasteiger charge is -2.25. The molecular weight excluding hydrogens is 699 g/mol. The van der Waals surface area contributed by atoms with Crippen LogP contribution in [0.15, 0.2) is 84.4 Å². The van der Waals surface area contributed by atoms with Crippen molar-refractivity contribution in [1.82, 2.24) is 0 Å². The van der Waals surface area contributed by atoms with Gasteiger partial charge in [-0.1, -0.05) is 42.0 Å². The van der Waals surface area contributed by atoms with E-state index in [1.165, 1.54) is 28.7 Å². The van der Waals surface area contributed by atoms with Crippen LogP contribution in [0.3, 0.4) is 0 Å². The molecule has 2 N–H and O–H groups in total. The van der Waals surface area contributed by atoms with Crippen LogP contribution in [-0.4, -0.2) is 0 Å². The summed E-state index contributed by atoms with van der Waals surface area (Å²) in [6, 6.07) is 25.8. The average Bonchev–Trinajstić information content (AvgIpc) is 3.92. The number of hydrogen-bond donors (Lipinski definition) is 1. The number of halogens is 4. The maximum atomic E-state index is 16.7. The van der Waals surface area contributed by atoms with Crippen LogP contribution < -0.4 is 5.73 Å². The number of fused-ring (bicyclic) bond motifs is 2. The van der Waals surface area contributed by atoms with Crippen molar-refractivity contribution in [3.05, 3.63) is 128 Å². The van der Waals surface area contributed by atoms with Gasteiger partial charge in [-0.25, -0.2) is 8.78 Å². The lowest BCUT2D eigenvalue weighted by molar-refractivity contribution is 0.0382. The number of benzene rings is 3. The molecule has 248 valence electrons. The summed E-state index contributed by atoms with van der Waals surface area (Å²) >= 11 is 6.01. The van der Waals surface area contributed by atoms with E-state index in [4.69, 9.17) is 5.73 Å². The quantitative estimate of drug-likeness (QED) is 0.131. The van der Waals surface area contributed by atoms with Gasteiger partial charge in [-0.3, -0.25) is 0 Å². The van der Waals surface area contributed by atoms with Gasteiger partial charge < -0.3 is 5.73 Å². The van der Waals surface area contributed by atoms with Gasteiger partial charge in [0.1, 0.15) is 13.3 Å². The van der Waals surface area contributed by atoms with Crippen molar-refractivity contribution < 1.29 is 17.6 Å². The Morgan fingerprint density at radius 1 is 0.714 bits per heavy atom. The van der Waals surface area contributed by atoms with E-state index in [0.29, 0.717) is 48.9 Å². The van der Waals surface area contributed by atoms with Crippen LogP contribution in [0.4, 0.5) is 23.2 Å². The molecule has 1 unspecified atom stereocenters. The zero-order valence-corrected chi connectivity index (χ0v) is 30.2. The molecule has 4 heterocycles. The lowest BCUT2D eigenvalue weighted by atomic mass is 9.86. The summed E-state index contributed by atoms with van der Waals surface area (Å²) in [4.78, 5) is 6.04. The third-order valence-corrected chi connectivity index (χ3v) is 14.9. The zero-order chi connectivity index (χ0) is 34.2. The molecule has 2 aliphatic rings. The van der Waals surface area contributed by atoms with Gasteiger partial charge in [0.2, 0.25) is 0 Å². The van der Waals surface area contributed by atoms with Gasteiger partial charge in [-0.05, 0) is 97.5 Å². The van der Waals surface area contributed by atoms with Crippen molar-refractivity contribution in [1.29, 1.82) is 0 Å². The molecule has 9 heteroatoms. The molecular formula is C40H31F4NS4. The minimum atomic E-state index is -3.21. The first-order chi connectivity index (χ1) is 23.6. The largest absolute Gasteiger partial charge is 0.399 e.